The quantitative estimate of drug-likeness (QED) is 0.434. The second kappa shape index (κ2) is 4.52. The van der Waals surface area contributed by atoms with Gasteiger partial charge in [-0.2, -0.15) is 0 Å². The van der Waals surface area contributed by atoms with E-state index in [4.69, 9.17) is 9.47 Å². The Kier molecular flexibility index (Phi) is 3.22. The van der Waals surface area contributed by atoms with E-state index in [9.17, 15) is 20.1 Å². The number of esters is 1. The second-order valence-electron chi connectivity index (χ2n) is 6.88. The molecule has 7 unspecified atom stereocenters. The van der Waals surface area contributed by atoms with Crippen molar-refractivity contribution in [2.45, 2.75) is 62.8 Å². The molecule has 0 saturated carbocycles. The fourth-order valence-corrected chi connectivity index (χ4v) is 3.88. The fourth-order valence-electron chi connectivity index (χ4n) is 3.88. The molecule has 0 spiro atoms. The largest absolute Gasteiger partial charge is 0.458 e. The number of carbonyl (C=O) groups is 1. The summed E-state index contributed by atoms with van der Waals surface area (Å²) in [5, 5.41) is 31.4. The van der Waals surface area contributed by atoms with E-state index in [0.29, 0.717) is 6.42 Å². The van der Waals surface area contributed by atoms with E-state index in [1.807, 2.05) is 0 Å². The first kappa shape index (κ1) is 15.0. The average molecular weight is 298 g/mol. The highest BCUT2D eigenvalue weighted by Gasteiger charge is 2.59. The molecule has 6 heteroatoms. The molecule has 3 rings (SSSR count). The van der Waals surface area contributed by atoms with Crippen LogP contribution < -0.4 is 0 Å². The van der Waals surface area contributed by atoms with Gasteiger partial charge in [-0.05, 0) is 13.3 Å². The van der Waals surface area contributed by atoms with Crippen LogP contribution in [0, 0.1) is 11.8 Å². The van der Waals surface area contributed by atoms with Crippen molar-refractivity contribution < 1.29 is 29.6 Å². The van der Waals surface area contributed by atoms with Gasteiger partial charge >= 0.3 is 5.97 Å². The molecule has 0 aromatic rings. The van der Waals surface area contributed by atoms with E-state index in [1.54, 1.807) is 13.8 Å². The summed E-state index contributed by atoms with van der Waals surface area (Å²) in [6.45, 7) is 7.19. The molecule has 0 amide bonds. The predicted octanol–water partition coefficient (Wildman–Crippen LogP) is 0.104. The van der Waals surface area contributed by atoms with Crippen molar-refractivity contribution in [1.29, 1.82) is 0 Å². The van der Waals surface area contributed by atoms with Gasteiger partial charge in [-0.25, -0.2) is 4.79 Å². The molecule has 3 aliphatic rings. The third kappa shape index (κ3) is 2.12. The van der Waals surface area contributed by atoms with Crippen molar-refractivity contribution in [3.05, 3.63) is 12.2 Å². The van der Waals surface area contributed by atoms with Crippen molar-refractivity contribution in [3.8, 4) is 0 Å². The monoisotopic (exact) mass is 298 g/mol. The Hall–Kier alpha value is -0.950. The van der Waals surface area contributed by atoms with Crippen molar-refractivity contribution in [1.82, 2.24) is 0 Å². The Morgan fingerprint density at radius 1 is 1.33 bits per heavy atom. The molecule has 0 aromatic heterocycles. The standard InChI is InChI=1S/C15H22O6/c1-7-4-10-12(8(2)13(18)20-10)9(16)5-14(3)11(17)6-15(7,19)21-14/h7,9-12,16-17,19H,2,4-6H2,1,3H3. The number of hydrogen-bond acceptors (Lipinski definition) is 6. The van der Waals surface area contributed by atoms with Crippen LogP contribution in [0.1, 0.15) is 33.1 Å². The van der Waals surface area contributed by atoms with Gasteiger partial charge in [-0.1, -0.05) is 13.5 Å². The van der Waals surface area contributed by atoms with E-state index >= 15 is 0 Å². The van der Waals surface area contributed by atoms with E-state index in [-0.39, 0.29) is 24.3 Å². The van der Waals surface area contributed by atoms with E-state index in [2.05, 4.69) is 6.58 Å². The van der Waals surface area contributed by atoms with Crippen LogP contribution in [0.3, 0.4) is 0 Å². The molecular formula is C15H22O6. The number of hydrogen-bond donors (Lipinski definition) is 3. The lowest BCUT2D eigenvalue weighted by Gasteiger charge is -2.33. The molecule has 7 atom stereocenters. The Bertz CT molecular complexity index is 491. The normalized spacial score (nSPS) is 53.7. The number of ether oxygens (including phenoxy) is 2. The lowest BCUT2D eigenvalue weighted by molar-refractivity contribution is -0.252. The number of aliphatic hydroxyl groups excluding tert-OH is 2. The molecule has 0 radical (unpaired) electrons. The van der Waals surface area contributed by atoms with Gasteiger partial charge in [-0.3, -0.25) is 0 Å². The van der Waals surface area contributed by atoms with Gasteiger partial charge in [0, 0.05) is 24.3 Å². The van der Waals surface area contributed by atoms with Gasteiger partial charge in [0.15, 0.2) is 5.79 Å². The van der Waals surface area contributed by atoms with Crippen molar-refractivity contribution in [2.75, 3.05) is 0 Å². The maximum Gasteiger partial charge on any atom is 0.334 e. The number of rotatable bonds is 0. The molecule has 2 bridgehead atoms. The molecule has 0 aliphatic carbocycles. The van der Waals surface area contributed by atoms with Crippen LogP contribution in [0.4, 0.5) is 0 Å². The molecule has 0 aromatic carbocycles. The highest BCUT2D eigenvalue weighted by atomic mass is 16.7. The topological polar surface area (TPSA) is 96.2 Å². The first-order chi connectivity index (χ1) is 9.66. The molecule has 3 saturated heterocycles. The van der Waals surface area contributed by atoms with E-state index in [1.165, 1.54) is 0 Å². The van der Waals surface area contributed by atoms with Gasteiger partial charge in [0.25, 0.3) is 0 Å². The number of carbonyl (C=O) groups excluding carboxylic acids is 1. The van der Waals surface area contributed by atoms with Crippen molar-refractivity contribution in [2.24, 2.45) is 11.8 Å². The van der Waals surface area contributed by atoms with Crippen LogP contribution in [0.2, 0.25) is 0 Å². The Morgan fingerprint density at radius 2 is 2.00 bits per heavy atom. The van der Waals surface area contributed by atoms with Crippen LogP contribution in [-0.2, 0) is 14.3 Å². The molecule has 118 valence electrons. The fraction of sp³-hybridized carbons (Fsp3) is 0.800. The predicted molar refractivity (Wildman–Crippen MR) is 72.0 cm³/mol. The summed E-state index contributed by atoms with van der Waals surface area (Å²) in [5.74, 6) is -2.83. The number of fused-ring (bicyclic) bond motifs is 3. The minimum atomic E-state index is -1.47. The summed E-state index contributed by atoms with van der Waals surface area (Å²) < 4.78 is 11.0. The van der Waals surface area contributed by atoms with Gasteiger partial charge in [0.2, 0.25) is 0 Å². The number of aliphatic hydroxyl groups is 3. The maximum atomic E-state index is 11.7. The van der Waals surface area contributed by atoms with Crippen LogP contribution in [0.25, 0.3) is 0 Å². The van der Waals surface area contributed by atoms with Crippen LogP contribution in [0.15, 0.2) is 12.2 Å². The highest BCUT2D eigenvalue weighted by molar-refractivity contribution is 5.91. The van der Waals surface area contributed by atoms with Crippen LogP contribution in [0.5, 0.6) is 0 Å². The van der Waals surface area contributed by atoms with Crippen molar-refractivity contribution >= 4 is 5.97 Å². The van der Waals surface area contributed by atoms with Gasteiger partial charge in [-0.15, -0.1) is 0 Å². The van der Waals surface area contributed by atoms with Gasteiger partial charge in [0.05, 0.1) is 23.7 Å². The molecule has 6 nitrogen and oxygen atoms in total. The first-order valence-electron chi connectivity index (χ1n) is 7.35. The van der Waals surface area contributed by atoms with Crippen LogP contribution >= 0.6 is 0 Å². The molecule has 3 heterocycles. The summed E-state index contributed by atoms with van der Waals surface area (Å²) in [6, 6.07) is 0. The second-order valence-corrected chi connectivity index (χ2v) is 6.88. The molecular weight excluding hydrogens is 276 g/mol. The summed E-state index contributed by atoms with van der Waals surface area (Å²) in [7, 11) is 0. The highest BCUT2D eigenvalue weighted by Crippen LogP contribution is 2.49. The minimum Gasteiger partial charge on any atom is -0.458 e. The third-order valence-electron chi connectivity index (χ3n) is 5.31. The molecule has 3 aliphatic heterocycles. The summed E-state index contributed by atoms with van der Waals surface area (Å²) in [6.07, 6.45) is -1.75. The smallest absolute Gasteiger partial charge is 0.334 e. The van der Waals surface area contributed by atoms with Crippen LogP contribution in [-0.4, -0.2) is 51.0 Å². The Balaban J connectivity index is 1.99. The summed E-state index contributed by atoms with van der Waals surface area (Å²) in [5.41, 5.74) is -0.800. The van der Waals surface area contributed by atoms with Crippen molar-refractivity contribution in [3.63, 3.8) is 0 Å². The SMILES string of the molecule is C=C1C(=O)OC2CC(C)C3(O)CC(O)C(C)(CC(O)C12)O3. The average Bonchev–Trinajstić information content (AvgIpc) is 2.75. The minimum absolute atomic E-state index is 0.0870. The molecule has 3 N–H and O–H groups in total. The molecule has 3 fully saturated rings. The lowest BCUT2D eigenvalue weighted by atomic mass is 9.78. The van der Waals surface area contributed by atoms with Gasteiger partial charge < -0.3 is 24.8 Å². The Morgan fingerprint density at radius 3 is 2.67 bits per heavy atom. The summed E-state index contributed by atoms with van der Waals surface area (Å²) in [4.78, 5) is 11.7. The maximum absolute atomic E-state index is 11.7. The molecule has 21 heavy (non-hydrogen) atoms. The lowest BCUT2D eigenvalue weighted by Crippen LogP contribution is -2.43. The Labute approximate surface area is 123 Å². The summed E-state index contributed by atoms with van der Waals surface area (Å²) >= 11 is 0. The zero-order valence-corrected chi connectivity index (χ0v) is 12.3. The van der Waals surface area contributed by atoms with Gasteiger partial charge in [0.1, 0.15) is 6.10 Å². The first-order valence-corrected chi connectivity index (χ1v) is 7.35. The van der Waals surface area contributed by atoms with E-state index < -0.39 is 41.6 Å². The van der Waals surface area contributed by atoms with E-state index in [0.717, 1.165) is 0 Å². The third-order valence-corrected chi connectivity index (χ3v) is 5.31. The zero-order valence-electron chi connectivity index (χ0n) is 12.3. The zero-order chi connectivity index (χ0) is 15.6.